The van der Waals surface area contributed by atoms with E-state index in [4.69, 9.17) is 0 Å². The van der Waals surface area contributed by atoms with Gasteiger partial charge in [0.2, 0.25) is 0 Å². The molecule has 4 aliphatic rings. The summed E-state index contributed by atoms with van der Waals surface area (Å²) in [6, 6.07) is 7.12. The zero-order chi connectivity index (χ0) is 18.1. The normalized spacial score (nSPS) is 39.3. The van der Waals surface area contributed by atoms with E-state index in [1.54, 1.807) is 0 Å². The van der Waals surface area contributed by atoms with Gasteiger partial charge in [-0.05, 0) is 25.0 Å². The summed E-state index contributed by atoms with van der Waals surface area (Å²) < 4.78 is 0. The van der Waals surface area contributed by atoms with Gasteiger partial charge < -0.3 is 0 Å². The van der Waals surface area contributed by atoms with Crippen molar-refractivity contribution < 1.29 is 0 Å². The van der Waals surface area contributed by atoms with E-state index in [0.717, 1.165) is 25.2 Å². The van der Waals surface area contributed by atoms with Crippen LogP contribution in [0.3, 0.4) is 0 Å². The van der Waals surface area contributed by atoms with E-state index in [2.05, 4.69) is 53.8 Å². The maximum atomic E-state index is 4.40. The molecule has 6 unspecified atom stereocenters. The molecule has 148 valence electrons. The molecule has 0 bridgehead atoms. The molecule has 0 aromatic carbocycles. The van der Waals surface area contributed by atoms with Crippen molar-refractivity contribution in [2.24, 2.45) is 5.92 Å². The van der Waals surface area contributed by atoms with Crippen LogP contribution in [0.1, 0.15) is 31.4 Å². The molecule has 1 aromatic heterocycles. The molecule has 0 amide bonds. The van der Waals surface area contributed by atoms with E-state index in [1.165, 1.54) is 25.7 Å². The van der Waals surface area contributed by atoms with Crippen LogP contribution >= 0.6 is 0 Å². The molecular formula is C18H31N9. The highest BCUT2D eigenvalue weighted by molar-refractivity contribution is 5.04. The Bertz CT molecular complexity index is 614. The Morgan fingerprint density at radius 3 is 3.07 bits per heavy atom. The van der Waals surface area contributed by atoms with Crippen molar-refractivity contribution in [2.75, 3.05) is 13.1 Å². The Hall–Kier alpha value is -1.17. The average molecular weight is 374 g/mol. The number of hydrazine groups is 3. The number of rotatable bonds is 4. The molecule has 27 heavy (non-hydrogen) atoms. The molecule has 4 fully saturated rings. The smallest absolute Gasteiger partial charge is 0.113 e. The first kappa shape index (κ1) is 17.9. The quantitative estimate of drug-likeness (QED) is 0.347. The van der Waals surface area contributed by atoms with Gasteiger partial charge in [-0.1, -0.05) is 18.9 Å². The zero-order valence-electron chi connectivity index (χ0n) is 15.6. The molecule has 4 heterocycles. The van der Waals surface area contributed by atoms with Gasteiger partial charge in [-0.2, -0.15) is 11.1 Å². The monoisotopic (exact) mass is 373 g/mol. The highest BCUT2D eigenvalue weighted by Crippen LogP contribution is 2.30. The Labute approximate surface area is 160 Å². The van der Waals surface area contributed by atoms with Crippen molar-refractivity contribution in [1.29, 1.82) is 0 Å². The highest BCUT2D eigenvalue weighted by Gasteiger charge is 2.48. The van der Waals surface area contributed by atoms with Crippen LogP contribution in [0.5, 0.6) is 0 Å². The first-order valence-corrected chi connectivity index (χ1v) is 10.3. The lowest BCUT2D eigenvalue weighted by molar-refractivity contribution is 0.0503. The first-order chi connectivity index (χ1) is 13.4. The maximum Gasteiger partial charge on any atom is 0.113 e. The second-order valence-corrected chi connectivity index (χ2v) is 8.03. The second kappa shape index (κ2) is 8.06. The first-order valence-electron chi connectivity index (χ1n) is 10.3. The van der Waals surface area contributed by atoms with Crippen LogP contribution in [0, 0.1) is 5.92 Å². The molecule has 0 spiro atoms. The van der Waals surface area contributed by atoms with E-state index in [9.17, 15) is 0 Å². The molecule has 1 saturated carbocycles. The largest absolute Gasteiger partial charge is 0.297 e. The molecular weight excluding hydrogens is 342 g/mol. The van der Waals surface area contributed by atoms with Gasteiger partial charge in [0, 0.05) is 49.4 Å². The summed E-state index contributed by atoms with van der Waals surface area (Å²) >= 11 is 0. The fourth-order valence-electron chi connectivity index (χ4n) is 5.00. The van der Waals surface area contributed by atoms with Crippen molar-refractivity contribution in [3.05, 3.63) is 30.1 Å². The fraction of sp³-hybridized carbons (Fsp3) is 0.722. The van der Waals surface area contributed by atoms with E-state index < -0.39 is 0 Å². The molecule has 9 nitrogen and oxygen atoms in total. The third kappa shape index (κ3) is 3.74. The number of nitrogens with zero attached hydrogens (tertiary/aromatic N) is 2. The van der Waals surface area contributed by atoms with Gasteiger partial charge in [0.05, 0.1) is 12.3 Å². The lowest BCUT2D eigenvalue weighted by Gasteiger charge is -2.41. The highest BCUT2D eigenvalue weighted by atomic mass is 15.9. The molecule has 7 N–H and O–H groups in total. The van der Waals surface area contributed by atoms with Crippen LogP contribution in [-0.2, 0) is 6.42 Å². The van der Waals surface area contributed by atoms with E-state index in [0.29, 0.717) is 18.0 Å². The fourth-order valence-corrected chi connectivity index (χ4v) is 5.00. The van der Waals surface area contributed by atoms with Gasteiger partial charge in [-0.15, -0.1) is 0 Å². The van der Waals surface area contributed by atoms with Crippen LogP contribution in [0.4, 0.5) is 0 Å². The Morgan fingerprint density at radius 2 is 2.15 bits per heavy atom. The summed E-state index contributed by atoms with van der Waals surface area (Å²) in [7, 11) is 0. The van der Waals surface area contributed by atoms with Gasteiger partial charge in [-0.3, -0.25) is 26.3 Å². The number of aromatic nitrogens is 1. The van der Waals surface area contributed by atoms with Crippen molar-refractivity contribution in [2.45, 2.75) is 62.8 Å². The zero-order valence-corrected chi connectivity index (χ0v) is 15.6. The molecule has 5 rings (SSSR count). The lowest BCUT2D eigenvalue weighted by atomic mass is 9.90. The van der Waals surface area contributed by atoms with Crippen LogP contribution in [0.25, 0.3) is 0 Å². The standard InChI is InChI=1S/C18H31N9/c1-2-7-15-14(6-1)22-16-13(17-24-25-26-27(15)17)11-21-18(23-16)20-10-8-12-5-3-4-9-19-12/h3-5,9,13-18,20-26H,1-2,6-8,10-11H2. The second-order valence-electron chi connectivity index (χ2n) is 8.03. The number of hydrogen-bond acceptors (Lipinski definition) is 9. The van der Waals surface area contributed by atoms with Crippen molar-refractivity contribution >= 4 is 0 Å². The molecule has 3 saturated heterocycles. The summed E-state index contributed by atoms with van der Waals surface area (Å²) in [6.07, 6.45) is 8.54. The van der Waals surface area contributed by atoms with E-state index in [1.807, 2.05) is 18.3 Å². The summed E-state index contributed by atoms with van der Waals surface area (Å²) in [5.41, 5.74) is 11.0. The molecule has 3 aliphatic heterocycles. The SMILES string of the molecule is c1ccc(CCNC2NCC3C(N2)NC2CCCCC2N2NNNC32)nc1. The summed E-state index contributed by atoms with van der Waals surface area (Å²) in [5.74, 6) is 0.423. The van der Waals surface area contributed by atoms with Gasteiger partial charge >= 0.3 is 0 Å². The Balaban J connectivity index is 1.22. The van der Waals surface area contributed by atoms with Gasteiger partial charge in [0.15, 0.2) is 0 Å². The van der Waals surface area contributed by atoms with Crippen LogP contribution < -0.4 is 37.8 Å². The van der Waals surface area contributed by atoms with Crippen LogP contribution in [-0.4, -0.2) is 53.8 Å². The lowest BCUT2D eigenvalue weighted by Crippen LogP contribution is -2.70. The van der Waals surface area contributed by atoms with Gasteiger partial charge in [0.25, 0.3) is 0 Å². The van der Waals surface area contributed by atoms with Gasteiger partial charge in [0.1, 0.15) is 6.29 Å². The third-order valence-electron chi connectivity index (χ3n) is 6.38. The van der Waals surface area contributed by atoms with E-state index >= 15 is 0 Å². The topological polar surface area (TPSA) is 100 Å². The predicted octanol–water partition coefficient (Wildman–Crippen LogP) is -1.30. The maximum absolute atomic E-state index is 4.40. The molecule has 1 aliphatic carbocycles. The van der Waals surface area contributed by atoms with Crippen LogP contribution in [0.15, 0.2) is 24.4 Å². The minimum Gasteiger partial charge on any atom is -0.297 e. The summed E-state index contributed by atoms with van der Waals surface area (Å²) in [5, 5.41) is 17.3. The van der Waals surface area contributed by atoms with Crippen molar-refractivity contribution in [1.82, 2.24) is 47.8 Å². The third-order valence-corrected chi connectivity index (χ3v) is 6.38. The number of nitrogens with one attached hydrogen (secondary N) is 7. The predicted molar refractivity (Wildman–Crippen MR) is 102 cm³/mol. The molecule has 1 aromatic rings. The van der Waals surface area contributed by atoms with Crippen LogP contribution in [0.2, 0.25) is 0 Å². The van der Waals surface area contributed by atoms with Crippen molar-refractivity contribution in [3.63, 3.8) is 0 Å². The average Bonchev–Trinajstić information content (AvgIpc) is 3.14. The van der Waals surface area contributed by atoms with Gasteiger partial charge in [-0.25, -0.2) is 10.4 Å². The molecule has 0 radical (unpaired) electrons. The molecule has 9 heteroatoms. The Kier molecular flexibility index (Phi) is 5.34. The Morgan fingerprint density at radius 1 is 1.19 bits per heavy atom. The minimum atomic E-state index is 0.110. The molecule has 6 atom stereocenters. The number of hydrogen-bond donors (Lipinski definition) is 7. The summed E-state index contributed by atoms with van der Waals surface area (Å²) in [4.78, 5) is 4.40. The number of fused-ring (bicyclic) bond motifs is 5. The minimum absolute atomic E-state index is 0.110. The number of pyridine rings is 1. The van der Waals surface area contributed by atoms with Crippen molar-refractivity contribution in [3.8, 4) is 0 Å². The summed E-state index contributed by atoms with van der Waals surface area (Å²) in [6.45, 7) is 1.84. The van der Waals surface area contributed by atoms with E-state index in [-0.39, 0.29) is 18.6 Å².